The largest absolute Gasteiger partial charge is 0.378 e. The first kappa shape index (κ1) is 13.2. The van der Waals surface area contributed by atoms with Crippen LogP contribution >= 0.6 is 0 Å². The van der Waals surface area contributed by atoms with E-state index in [1.165, 1.54) is 0 Å². The van der Waals surface area contributed by atoms with E-state index in [9.17, 15) is 4.79 Å². The van der Waals surface area contributed by atoms with E-state index in [2.05, 4.69) is 11.9 Å². The van der Waals surface area contributed by atoms with Gasteiger partial charge in [-0.2, -0.15) is 0 Å². The summed E-state index contributed by atoms with van der Waals surface area (Å²) in [6.07, 6.45) is 1.02. The Labute approximate surface area is 97.0 Å². The molecule has 92 valence electrons. The lowest BCUT2D eigenvalue weighted by Gasteiger charge is -2.09. The van der Waals surface area contributed by atoms with Crippen LogP contribution in [0.3, 0.4) is 0 Å². The van der Waals surface area contributed by atoms with Gasteiger partial charge in [-0.15, -0.1) is 0 Å². The third-order valence-electron chi connectivity index (χ3n) is 2.46. The Hall–Kier alpha value is -0.870. The van der Waals surface area contributed by atoms with Crippen molar-refractivity contribution in [3.63, 3.8) is 0 Å². The van der Waals surface area contributed by atoms with Crippen molar-refractivity contribution in [2.45, 2.75) is 26.4 Å². The third-order valence-corrected chi connectivity index (χ3v) is 2.46. The molecule has 1 aliphatic rings. The molecule has 1 rings (SSSR count). The zero-order valence-electron chi connectivity index (χ0n) is 10.1. The van der Waals surface area contributed by atoms with E-state index in [4.69, 9.17) is 9.47 Å². The minimum atomic E-state index is 0.0103. The van der Waals surface area contributed by atoms with Crippen molar-refractivity contribution >= 4 is 5.91 Å². The van der Waals surface area contributed by atoms with E-state index in [0.29, 0.717) is 26.4 Å². The summed E-state index contributed by atoms with van der Waals surface area (Å²) in [5, 5.41) is 2.85. The highest BCUT2D eigenvalue weighted by molar-refractivity contribution is 5.79. The summed E-state index contributed by atoms with van der Waals surface area (Å²) in [5.41, 5.74) is 0.990. The molecule has 0 radical (unpaired) electrons. The molecule has 2 atom stereocenters. The molecule has 1 N–H and O–H groups in total. The van der Waals surface area contributed by atoms with E-state index in [1.807, 2.05) is 13.8 Å². The molecule has 1 aliphatic heterocycles. The van der Waals surface area contributed by atoms with Crippen LogP contribution in [0.15, 0.2) is 12.2 Å². The average molecular weight is 227 g/mol. The number of rotatable bonds is 6. The van der Waals surface area contributed by atoms with Gasteiger partial charge in [-0.1, -0.05) is 12.2 Å². The molecule has 1 fully saturated rings. The van der Waals surface area contributed by atoms with Gasteiger partial charge in [0.05, 0.1) is 31.8 Å². The van der Waals surface area contributed by atoms with Crippen LogP contribution in [-0.4, -0.2) is 38.4 Å². The van der Waals surface area contributed by atoms with Crippen LogP contribution in [0.25, 0.3) is 0 Å². The lowest BCUT2D eigenvalue weighted by atomic mass is 10.1. The first-order valence-electron chi connectivity index (χ1n) is 5.71. The van der Waals surface area contributed by atoms with Crippen LogP contribution < -0.4 is 5.32 Å². The smallest absolute Gasteiger partial charge is 0.225 e. The normalized spacial score (nSPS) is 24.4. The van der Waals surface area contributed by atoms with Gasteiger partial charge in [0.2, 0.25) is 5.91 Å². The molecular formula is C12H21NO3. The predicted octanol–water partition coefficient (Wildman–Crippen LogP) is 1.12. The van der Waals surface area contributed by atoms with Crippen LogP contribution in [0, 0.1) is 5.92 Å². The molecule has 0 aromatic carbocycles. The Kier molecular flexibility index (Phi) is 5.49. The standard InChI is InChI=1S/C12H21NO3/c1-9(2)7-15-5-4-13-12(14)11-6-10(3)16-8-11/h10-11H,1,4-8H2,2-3H3,(H,13,14). The van der Waals surface area contributed by atoms with Crippen LogP contribution in [0.5, 0.6) is 0 Å². The highest BCUT2D eigenvalue weighted by atomic mass is 16.5. The van der Waals surface area contributed by atoms with Crippen molar-refractivity contribution in [1.29, 1.82) is 0 Å². The number of carbonyl (C=O) groups is 1. The molecule has 1 saturated heterocycles. The number of amides is 1. The van der Waals surface area contributed by atoms with Crippen molar-refractivity contribution in [1.82, 2.24) is 5.32 Å². The Morgan fingerprint density at radius 2 is 2.38 bits per heavy atom. The van der Waals surface area contributed by atoms with Gasteiger partial charge in [0, 0.05) is 6.54 Å². The first-order chi connectivity index (χ1) is 7.59. The quantitative estimate of drug-likeness (QED) is 0.546. The van der Waals surface area contributed by atoms with Crippen molar-refractivity contribution in [2.24, 2.45) is 5.92 Å². The Morgan fingerprint density at radius 3 is 2.94 bits per heavy atom. The molecule has 0 saturated carbocycles. The molecule has 2 unspecified atom stereocenters. The maximum Gasteiger partial charge on any atom is 0.225 e. The molecule has 0 spiro atoms. The lowest BCUT2D eigenvalue weighted by molar-refractivity contribution is -0.125. The predicted molar refractivity (Wildman–Crippen MR) is 62.2 cm³/mol. The molecule has 1 amide bonds. The number of hydrogen-bond acceptors (Lipinski definition) is 3. The maximum absolute atomic E-state index is 11.6. The molecule has 1 heterocycles. The van der Waals surface area contributed by atoms with Crippen molar-refractivity contribution in [3.05, 3.63) is 12.2 Å². The second-order valence-electron chi connectivity index (χ2n) is 4.38. The molecule has 4 nitrogen and oxygen atoms in total. The first-order valence-corrected chi connectivity index (χ1v) is 5.71. The van der Waals surface area contributed by atoms with Gasteiger partial charge in [-0.25, -0.2) is 0 Å². The molecule has 0 aromatic rings. The average Bonchev–Trinajstić information content (AvgIpc) is 2.63. The molecule has 0 bridgehead atoms. The van der Waals surface area contributed by atoms with E-state index < -0.39 is 0 Å². The van der Waals surface area contributed by atoms with Gasteiger partial charge >= 0.3 is 0 Å². The SMILES string of the molecule is C=C(C)COCCNC(=O)C1COC(C)C1. The van der Waals surface area contributed by atoms with Crippen molar-refractivity contribution in [3.8, 4) is 0 Å². The number of carbonyl (C=O) groups excluding carboxylic acids is 1. The summed E-state index contributed by atoms with van der Waals surface area (Å²) >= 11 is 0. The van der Waals surface area contributed by atoms with Gasteiger partial charge in [-0.3, -0.25) is 4.79 Å². The summed E-state index contributed by atoms with van der Waals surface area (Å²) in [6.45, 7) is 9.81. The minimum Gasteiger partial charge on any atom is -0.378 e. The van der Waals surface area contributed by atoms with Gasteiger partial charge in [0.15, 0.2) is 0 Å². The van der Waals surface area contributed by atoms with Crippen molar-refractivity contribution in [2.75, 3.05) is 26.4 Å². The molecule has 0 aromatic heterocycles. The number of hydrogen-bond donors (Lipinski definition) is 1. The van der Waals surface area contributed by atoms with Gasteiger partial charge < -0.3 is 14.8 Å². The fourth-order valence-corrected chi connectivity index (χ4v) is 1.64. The van der Waals surface area contributed by atoms with Crippen LogP contribution in [-0.2, 0) is 14.3 Å². The molecule has 0 aliphatic carbocycles. The van der Waals surface area contributed by atoms with Crippen molar-refractivity contribution < 1.29 is 14.3 Å². The molecule has 16 heavy (non-hydrogen) atoms. The summed E-state index contributed by atoms with van der Waals surface area (Å²) in [4.78, 5) is 11.6. The van der Waals surface area contributed by atoms with Gasteiger partial charge in [-0.05, 0) is 20.3 Å². The monoisotopic (exact) mass is 227 g/mol. The summed E-state index contributed by atoms with van der Waals surface area (Å²) < 4.78 is 10.6. The Bertz CT molecular complexity index is 253. The molecule has 4 heteroatoms. The van der Waals surface area contributed by atoms with E-state index in [1.54, 1.807) is 0 Å². The van der Waals surface area contributed by atoms with E-state index >= 15 is 0 Å². The summed E-state index contributed by atoms with van der Waals surface area (Å²) in [7, 11) is 0. The van der Waals surface area contributed by atoms with Gasteiger partial charge in [0.25, 0.3) is 0 Å². The zero-order chi connectivity index (χ0) is 12.0. The zero-order valence-corrected chi connectivity index (χ0v) is 10.1. The summed E-state index contributed by atoms with van der Waals surface area (Å²) in [5.74, 6) is 0.0828. The third kappa shape index (κ3) is 4.77. The second kappa shape index (κ2) is 6.66. The maximum atomic E-state index is 11.6. The van der Waals surface area contributed by atoms with Crippen LogP contribution in [0.2, 0.25) is 0 Å². The minimum absolute atomic E-state index is 0.0103. The highest BCUT2D eigenvalue weighted by Gasteiger charge is 2.27. The molecular weight excluding hydrogens is 206 g/mol. The van der Waals surface area contributed by atoms with Crippen LogP contribution in [0.4, 0.5) is 0 Å². The number of ether oxygens (including phenoxy) is 2. The topological polar surface area (TPSA) is 47.6 Å². The van der Waals surface area contributed by atoms with E-state index in [0.717, 1.165) is 12.0 Å². The second-order valence-corrected chi connectivity index (χ2v) is 4.38. The fourth-order valence-electron chi connectivity index (χ4n) is 1.64. The summed E-state index contributed by atoms with van der Waals surface area (Å²) in [6, 6.07) is 0. The Balaban J connectivity index is 2.04. The van der Waals surface area contributed by atoms with E-state index in [-0.39, 0.29) is 17.9 Å². The van der Waals surface area contributed by atoms with Crippen LogP contribution in [0.1, 0.15) is 20.3 Å². The number of nitrogens with one attached hydrogen (secondary N) is 1. The Morgan fingerprint density at radius 1 is 1.62 bits per heavy atom. The fraction of sp³-hybridized carbons (Fsp3) is 0.750. The van der Waals surface area contributed by atoms with Gasteiger partial charge in [0.1, 0.15) is 0 Å². The highest BCUT2D eigenvalue weighted by Crippen LogP contribution is 2.18. The lowest BCUT2D eigenvalue weighted by Crippen LogP contribution is -2.33.